The van der Waals surface area contributed by atoms with E-state index in [1.54, 1.807) is 0 Å². The van der Waals surface area contributed by atoms with Gasteiger partial charge in [0.25, 0.3) is 0 Å². The van der Waals surface area contributed by atoms with Crippen molar-refractivity contribution in [2.75, 3.05) is 12.3 Å². The first-order valence-corrected chi connectivity index (χ1v) is 5.65. The van der Waals surface area contributed by atoms with Gasteiger partial charge in [0.05, 0.1) is 6.61 Å². The zero-order valence-corrected chi connectivity index (χ0v) is 10.2. The highest BCUT2D eigenvalue weighted by molar-refractivity contribution is 5.36. The standard InChI is InChI=1S/C13H17N3O/c1-9-3-4-10(2)12(7-9)17-6-5-11-8-13(14)16-15-11/h3-4,7-8H,5-6H2,1-2H3,(H3,14,15,16). The van der Waals surface area contributed by atoms with E-state index in [9.17, 15) is 0 Å². The summed E-state index contributed by atoms with van der Waals surface area (Å²) in [5.41, 5.74) is 8.87. The van der Waals surface area contributed by atoms with Crippen LogP contribution in [0.4, 0.5) is 5.82 Å². The van der Waals surface area contributed by atoms with Crippen molar-refractivity contribution in [2.45, 2.75) is 20.3 Å². The number of hydrogen-bond acceptors (Lipinski definition) is 3. The van der Waals surface area contributed by atoms with Gasteiger partial charge in [-0.1, -0.05) is 12.1 Å². The van der Waals surface area contributed by atoms with Crippen LogP contribution in [-0.4, -0.2) is 16.8 Å². The number of ether oxygens (including phenoxy) is 1. The van der Waals surface area contributed by atoms with Crippen molar-refractivity contribution < 1.29 is 4.74 Å². The molecule has 0 aliphatic rings. The number of aryl methyl sites for hydroxylation is 2. The van der Waals surface area contributed by atoms with Crippen LogP contribution in [0.3, 0.4) is 0 Å². The number of nitrogens with zero attached hydrogens (tertiary/aromatic N) is 1. The smallest absolute Gasteiger partial charge is 0.145 e. The fourth-order valence-electron chi connectivity index (χ4n) is 1.64. The third-order valence-electron chi connectivity index (χ3n) is 2.62. The Hall–Kier alpha value is -1.97. The summed E-state index contributed by atoms with van der Waals surface area (Å²) in [5.74, 6) is 1.46. The number of rotatable bonds is 4. The van der Waals surface area contributed by atoms with E-state index in [0.717, 1.165) is 23.4 Å². The number of hydrogen-bond donors (Lipinski definition) is 2. The molecule has 1 heterocycles. The Morgan fingerprint density at radius 2 is 2.12 bits per heavy atom. The topological polar surface area (TPSA) is 63.9 Å². The van der Waals surface area contributed by atoms with Crippen molar-refractivity contribution in [3.63, 3.8) is 0 Å². The fraction of sp³-hybridized carbons (Fsp3) is 0.308. The zero-order chi connectivity index (χ0) is 12.3. The Morgan fingerprint density at radius 3 is 2.82 bits per heavy atom. The molecule has 0 saturated carbocycles. The molecular weight excluding hydrogens is 214 g/mol. The Bertz CT molecular complexity index is 505. The highest BCUT2D eigenvalue weighted by atomic mass is 16.5. The summed E-state index contributed by atoms with van der Waals surface area (Å²) in [6, 6.07) is 8.03. The second-order valence-electron chi connectivity index (χ2n) is 4.19. The minimum absolute atomic E-state index is 0.520. The average molecular weight is 231 g/mol. The van der Waals surface area contributed by atoms with Gasteiger partial charge in [-0.2, -0.15) is 5.10 Å². The largest absolute Gasteiger partial charge is 0.493 e. The minimum Gasteiger partial charge on any atom is -0.493 e. The van der Waals surface area contributed by atoms with E-state index in [0.29, 0.717) is 12.4 Å². The summed E-state index contributed by atoms with van der Waals surface area (Å²) in [4.78, 5) is 0. The molecular formula is C13H17N3O. The SMILES string of the molecule is Cc1ccc(C)c(OCCc2cc(N)n[nH]2)c1. The number of nitrogens with one attached hydrogen (secondary N) is 1. The second kappa shape index (κ2) is 4.91. The van der Waals surface area contributed by atoms with E-state index in [2.05, 4.69) is 35.3 Å². The average Bonchev–Trinajstić information content (AvgIpc) is 2.69. The van der Waals surface area contributed by atoms with Crippen molar-refractivity contribution in [3.05, 3.63) is 41.1 Å². The number of H-pyrrole nitrogens is 1. The third kappa shape index (κ3) is 3.00. The molecule has 3 N–H and O–H groups in total. The number of aromatic nitrogens is 2. The zero-order valence-electron chi connectivity index (χ0n) is 10.2. The Morgan fingerprint density at radius 1 is 1.29 bits per heavy atom. The molecule has 90 valence electrons. The number of aromatic amines is 1. The van der Waals surface area contributed by atoms with Crippen LogP contribution < -0.4 is 10.5 Å². The van der Waals surface area contributed by atoms with Gasteiger partial charge in [0, 0.05) is 18.2 Å². The monoisotopic (exact) mass is 231 g/mol. The lowest BCUT2D eigenvalue weighted by molar-refractivity contribution is 0.318. The number of benzene rings is 1. The van der Waals surface area contributed by atoms with Crippen molar-refractivity contribution in [1.82, 2.24) is 10.2 Å². The summed E-state index contributed by atoms with van der Waals surface area (Å²) < 4.78 is 5.74. The van der Waals surface area contributed by atoms with Gasteiger partial charge in [0.15, 0.2) is 0 Å². The van der Waals surface area contributed by atoms with Crippen molar-refractivity contribution in [1.29, 1.82) is 0 Å². The summed E-state index contributed by atoms with van der Waals surface area (Å²) in [5, 5.41) is 6.73. The molecule has 17 heavy (non-hydrogen) atoms. The maximum atomic E-state index is 5.74. The third-order valence-corrected chi connectivity index (χ3v) is 2.62. The molecule has 0 atom stereocenters. The maximum Gasteiger partial charge on any atom is 0.145 e. The molecule has 0 aliphatic heterocycles. The first kappa shape index (κ1) is 11.5. The molecule has 0 amide bonds. The lowest BCUT2D eigenvalue weighted by Crippen LogP contribution is -2.03. The van der Waals surface area contributed by atoms with E-state index in [-0.39, 0.29) is 0 Å². The molecule has 1 aromatic heterocycles. The van der Waals surface area contributed by atoms with Crippen molar-refractivity contribution >= 4 is 5.82 Å². The van der Waals surface area contributed by atoms with Gasteiger partial charge in [-0.15, -0.1) is 0 Å². The number of anilines is 1. The summed E-state index contributed by atoms with van der Waals surface area (Å²) in [7, 11) is 0. The van der Waals surface area contributed by atoms with Crippen LogP contribution in [0, 0.1) is 13.8 Å². The predicted molar refractivity (Wildman–Crippen MR) is 68.1 cm³/mol. The molecule has 1 aromatic carbocycles. The summed E-state index contributed by atoms with van der Waals surface area (Å²) in [6.07, 6.45) is 0.775. The molecule has 0 bridgehead atoms. The molecule has 0 unspecified atom stereocenters. The van der Waals surface area contributed by atoms with Crippen LogP contribution in [0.1, 0.15) is 16.8 Å². The lowest BCUT2D eigenvalue weighted by atomic mass is 10.1. The van der Waals surface area contributed by atoms with Gasteiger partial charge in [0.1, 0.15) is 11.6 Å². The summed E-state index contributed by atoms with van der Waals surface area (Å²) >= 11 is 0. The quantitative estimate of drug-likeness (QED) is 0.848. The molecule has 4 heteroatoms. The van der Waals surface area contributed by atoms with E-state index in [1.807, 2.05) is 13.0 Å². The van der Waals surface area contributed by atoms with Crippen LogP contribution in [0.15, 0.2) is 24.3 Å². The van der Waals surface area contributed by atoms with Crippen molar-refractivity contribution in [2.24, 2.45) is 0 Å². The first-order chi connectivity index (χ1) is 8.15. The molecule has 0 saturated heterocycles. The maximum absolute atomic E-state index is 5.74. The van der Waals surface area contributed by atoms with Crippen molar-refractivity contribution in [3.8, 4) is 5.75 Å². The van der Waals surface area contributed by atoms with E-state index < -0.39 is 0 Å². The van der Waals surface area contributed by atoms with Crippen LogP contribution in [-0.2, 0) is 6.42 Å². The Balaban J connectivity index is 1.91. The highest BCUT2D eigenvalue weighted by Crippen LogP contribution is 2.19. The van der Waals surface area contributed by atoms with E-state index >= 15 is 0 Å². The van der Waals surface area contributed by atoms with Gasteiger partial charge in [-0.3, -0.25) is 5.10 Å². The Labute approximate surface area is 101 Å². The number of nitrogens with two attached hydrogens (primary N) is 1. The van der Waals surface area contributed by atoms with Crippen LogP contribution >= 0.6 is 0 Å². The fourth-order valence-corrected chi connectivity index (χ4v) is 1.64. The molecule has 2 aromatic rings. The normalized spacial score (nSPS) is 10.5. The van der Waals surface area contributed by atoms with Crippen LogP contribution in [0.2, 0.25) is 0 Å². The predicted octanol–water partition coefficient (Wildman–Crippen LogP) is 2.23. The highest BCUT2D eigenvalue weighted by Gasteiger charge is 2.01. The number of nitrogen functional groups attached to an aromatic ring is 1. The van der Waals surface area contributed by atoms with Gasteiger partial charge in [0.2, 0.25) is 0 Å². The second-order valence-corrected chi connectivity index (χ2v) is 4.19. The van der Waals surface area contributed by atoms with E-state index in [1.165, 1.54) is 5.56 Å². The van der Waals surface area contributed by atoms with Gasteiger partial charge < -0.3 is 10.5 Å². The molecule has 2 rings (SSSR count). The van der Waals surface area contributed by atoms with Gasteiger partial charge in [-0.25, -0.2) is 0 Å². The molecule has 0 fully saturated rings. The Kier molecular flexibility index (Phi) is 3.32. The van der Waals surface area contributed by atoms with Gasteiger partial charge >= 0.3 is 0 Å². The molecule has 4 nitrogen and oxygen atoms in total. The summed E-state index contributed by atoms with van der Waals surface area (Å²) in [6.45, 7) is 4.72. The van der Waals surface area contributed by atoms with Crippen LogP contribution in [0.5, 0.6) is 5.75 Å². The molecule has 0 radical (unpaired) electrons. The first-order valence-electron chi connectivity index (χ1n) is 5.65. The minimum atomic E-state index is 0.520. The van der Waals surface area contributed by atoms with E-state index in [4.69, 9.17) is 10.5 Å². The van der Waals surface area contributed by atoms with Crippen LogP contribution in [0.25, 0.3) is 0 Å². The molecule has 0 spiro atoms. The lowest BCUT2D eigenvalue weighted by Gasteiger charge is -2.09. The van der Waals surface area contributed by atoms with Gasteiger partial charge in [-0.05, 0) is 31.0 Å². The molecule has 0 aliphatic carbocycles.